The van der Waals surface area contributed by atoms with Crippen LogP contribution in [0.1, 0.15) is 91.3 Å². The number of hydrogen-bond acceptors (Lipinski definition) is 5. The van der Waals surface area contributed by atoms with Gasteiger partial charge in [0.15, 0.2) is 5.82 Å². The zero-order chi connectivity index (χ0) is 23.5. The first-order valence-corrected chi connectivity index (χ1v) is 13.6. The van der Waals surface area contributed by atoms with E-state index in [0.717, 1.165) is 38.5 Å². The third-order valence-corrected chi connectivity index (χ3v) is 11.5. The van der Waals surface area contributed by atoms with Gasteiger partial charge in [-0.15, -0.1) is 0 Å². The molecule has 1 aromatic heterocycles. The maximum absolute atomic E-state index is 11.8. The first-order valence-electron chi connectivity index (χ1n) is 13.6. The van der Waals surface area contributed by atoms with Crippen molar-refractivity contribution in [1.29, 1.82) is 0 Å². The van der Waals surface area contributed by atoms with E-state index < -0.39 is 5.76 Å². The molecule has 0 amide bonds. The van der Waals surface area contributed by atoms with Crippen LogP contribution in [0.25, 0.3) is 0 Å². The molecule has 11 atom stereocenters. The molecule has 4 aliphatic carbocycles. The van der Waals surface area contributed by atoms with Crippen LogP contribution in [0.2, 0.25) is 0 Å². The van der Waals surface area contributed by atoms with Crippen LogP contribution in [0.4, 0.5) is 0 Å². The molecule has 1 heterocycles. The van der Waals surface area contributed by atoms with Gasteiger partial charge in [0.25, 0.3) is 0 Å². The summed E-state index contributed by atoms with van der Waals surface area (Å²) in [4.78, 5) is 14.0. The normalized spacial score (nSPS) is 48.1. The number of aliphatic hydroxyl groups excluding tert-OH is 2. The Hall–Kier alpha value is -1.14. The number of H-pyrrole nitrogens is 1. The van der Waals surface area contributed by atoms with Crippen molar-refractivity contribution in [2.24, 2.45) is 52.3 Å². The van der Waals surface area contributed by atoms with Gasteiger partial charge < -0.3 is 10.2 Å². The van der Waals surface area contributed by atoms with E-state index in [2.05, 4.69) is 42.4 Å². The van der Waals surface area contributed by atoms with Crippen molar-refractivity contribution in [3.8, 4) is 0 Å². The van der Waals surface area contributed by atoms with Gasteiger partial charge in [-0.2, -0.15) is 0 Å². The molecule has 6 nitrogen and oxygen atoms in total. The minimum Gasteiger partial charge on any atom is -0.393 e. The fourth-order valence-corrected chi connectivity index (χ4v) is 9.87. The molecule has 0 saturated heterocycles. The lowest BCUT2D eigenvalue weighted by atomic mass is 9.41. The number of rotatable bonds is 5. The molecule has 4 aliphatic rings. The van der Waals surface area contributed by atoms with E-state index in [1.165, 1.54) is 25.7 Å². The Kier molecular flexibility index (Phi) is 6.09. The monoisotopic (exact) mass is 460 g/mol. The summed E-state index contributed by atoms with van der Waals surface area (Å²) in [6.45, 7) is 9.64. The van der Waals surface area contributed by atoms with Gasteiger partial charge in [0.05, 0.1) is 12.2 Å². The van der Waals surface area contributed by atoms with Gasteiger partial charge in [-0.05, 0) is 104 Å². The average molecular weight is 461 g/mol. The van der Waals surface area contributed by atoms with Crippen molar-refractivity contribution in [2.75, 3.05) is 0 Å². The summed E-state index contributed by atoms with van der Waals surface area (Å²) in [5.74, 6) is 3.71. The van der Waals surface area contributed by atoms with Crippen molar-refractivity contribution < 1.29 is 14.7 Å². The van der Waals surface area contributed by atoms with Gasteiger partial charge in [-0.1, -0.05) is 39.3 Å². The van der Waals surface area contributed by atoms with Crippen molar-refractivity contribution in [3.05, 3.63) is 16.4 Å². The number of fused-ring (bicyclic) bond motifs is 5. The van der Waals surface area contributed by atoms with Crippen LogP contribution in [0.5, 0.6) is 0 Å². The zero-order valence-corrected chi connectivity index (χ0v) is 20.9. The molecule has 4 saturated carbocycles. The summed E-state index contributed by atoms with van der Waals surface area (Å²) in [5.41, 5.74) is 0.530. The summed E-state index contributed by atoms with van der Waals surface area (Å²) in [5, 5.41) is 26.1. The van der Waals surface area contributed by atoms with Gasteiger partial charge in [0.2, 0.25) is 0 Å². The third kappa shape index (κ3) is 3.65. The average Bonchev–Trinajstić information content (AvgIpc) is 3.36. The molecule has 33 heavy (non-hydrogen) atoms. The summed E-state index contributed by atoms with van der Waals surface area (Å²) in [6.07, 6.45) is 10.2. The lowest BCUT2D eigenvalue weighted by Gasteiger charge is -2.64. The molecule has 4 unspecified atom stereocenters. The molecule has 0 aromatic carbocycles. The molecule has 4 fully saturated rings. The van der Waals surface area contributed by atoms with E-state index in [1.54, 1.807) is 0 Å². The highest BCUT2D eigenvalue weighted by Crippen LogP contribution is 2.69. The number of hydrogen-bond donors (Lipinski definition) is 3. The first kappa shape index (κ1) is 23.6. The number of nitrogens with zero attached hydrogens (tertiary/aromatic N) is 1. The molecule has 186 valence electrons. The van der Waals surface area contributed by atoms with Crippen molar-refractivity contribution >= 4 is 0 Å². The van der Waals surface area contributed by atoms with Gasteiger partial charge in [0.1, 0.15) is 0 Å². The van der Waals surface area contributed by atoms with Crippen molar-refractivity contribution in [1.82, 2.24) is 10.1 Å². The van der Waals surface area contributed by atoms with E-state index >= 15 is 0 Å². The second-order valence-corrected chi connectivity index (χ2v) is 12.7. The lowest BCUT2D eigenvalue weighted by Crippen LogP contribution is -2.62. The molecule has 0 spiro atoms. The summed E-state index contributed by atoms with van der Waals surface area (Å²) >= 11 is 0. The Balaban J connectivity index is 1.37. The van der Waals surface area contributed by atoms with Crippen molar-refractivity contribution in [2.45, 2.75) is 104 Å². The molecule has 0 radical (unpaired) electrons. The Morgan fingerprint density at radius 2 is 1.82 bits per heavy atom. The van der Waals surface area contributed by atoms with Crippen LogP contribution in [0.3, 0.4) is 0 Å². The zero-order valence-electron chi connectivity index (χ0n) is 20.9. The molecule has 6 heteroatoms. The van der Waals surface area contributed by atoms with Crippen LogP contribution in [0, 0.1) is 52.3 Å². The van der Waals surface area contributed by atoms with Crippen LogP contribution in [-0.4, -0.2) is 32.6 Å². The number of nitrogens with one attached hydrogen (secondary N) is 1. The van der Waals surface area contributed by atoms with Gasteiger partial charge in [-0.25, -0.2) is 4.79 Å². The van der Waals surface area contributed by atoms with Crippen molar-refractivity contribution in [3.63, 3.8) is 0 Å². The van der Waals surface area contributed by atoms with E-state index in [1.807, 2.05) is 0 Å². The number of aryl methyl sites for hydroxylation is 1. The molecule has 5 rings (SSSR count). The smallest absolute Gasteiger partial charge is 0.393 e. The molecule has 0 bridgehead atoms. The van der Waals surface area contributed by atoms with E-state index in [9.17, 15) is 15.0 Å². The largest absolute Gasteiger partial charge is 0.438 e. The molecular weight excluding hydrogens is 416 g/mol. The standard InChI is InChI=1S/C27H44N2O4/c1-5-17-21-14-16(30)10-12-27(21,4)20-11-13-26(3)18(7-8-19(26)23(20)24(17)31)15(2)6-9-22-28-25(32)33-29-22/h15-21,23-24,30-31H,5-14H2,1-4H3,(H,28,29,32)/t15-,16-,17-,18-,19?,20?,21+,23?,24?,26-,27-/m1/s1. The molecule has 1 aromatic rings. The fourth-order valence-electron chi connectivity index (χ4n) is 9.87. The molecule has 0 aliphatic heterocycles. The maximum Gasteiger partial charge on any atom is 0.438 e. The number of aliphatic hydroxyl groups is 2. The van der Waals surface area contributed by atoms with Gasteiger partial charge in [0, 0.05) is 6.42 Å². The van der Waals surface area contributed by atoms with Crippen LogP contribution >= 0.6 is 0 Å². The second kappa shape index (κ2) is 8.51. The maximum atomic E-state index is 11.8. The Morgan fingerprint density at radius 1 is 1.09 bits per heavy atom. The van der Waals surface area contributed by atoms with Crippen LogP contribution < -0.4 is 5.76 Å². The van der Waals surface area contributed by atoms with E-state index in [-0.39, 0.29) is 23.0 Å². The quantitative estimate of drug-likeness (QED) is 0.598. The number of aromatic nitrogens is 2. The predicted octanol–water partition coefficient (Wildman–Crippen LogP) is 4.56. The summed E-state index contributed by atoms with van der Waals surface area (Å²) in [6, 6.07) is 0. The lowest BCUT2D eigenvalue weighted by molar-refractivity contribution is -0.203. The third-order valence-electron chi connectivity index (χ3n) is 11.5. The number of aromatic amines is 1. The van der Waals surface area contributed by atoms with Gasteiger partial charge in [-0.3, -0.25) is 9.51 Å². The topological polar surface area (TPSA) is 99.4 Å². The summed E-state index contributed by atoms with van der Waals surface area (Å²) in [7, 11) is 0. The second-order valence-electron chi connectivity index (χ2n) is 12.7. The van der Waals surface area contributed by atoms with Gasteiger partial charge >= 0.3 is 5.76 Å². The Labute approximate surface area is 197 Å². The summed E-state index contributed by atoms with van der Waals surface area (Å²) < 4.78 is 4.67. The Bertz CT molecular complexity index is 897. The van der Waals surface area contributed by atoms with Crippen LogP contribution in [-0.2, 0) is 6.42 Å². The van der Waals surface area contributed by atoms with Crippen LogP contribution in [0.15, 0.2) is 9.32 Å². The van der Waals surface area contributed by atoms with E-state index in [0.29, 0.717) is 47.2 Å². The highest BCUT2D eigenvalue weighted by atomic mass is 16.5. The minimum absolute atomic E-state index is 0.189. The molecular formula is C27H44N2O4. The Morgan fingerprint density at radius 3 is 2.52 bits per heavy atom. The highest BCUT2D eigenvalue weighted by Gasteiger charge is 2.64. The van der Waals surface area contributed by atoms with E-state index in [4.69, 9.17) is 0 Å². The predicted molar refractivity (Wildman–Crippen MR) is 126 cm³/mol. The minimum atomic E-state index is -0.470. The molecule has 3 N–H and O–H groups in total. The fraction of sp³-hybridized carbons (Fsp3) is 0.926. The highest BCUT2D eigenvalue weighted by molar-refractivity contribution is 5.13. The first-order chi connectivity index (χ1) is 15.7. The SMILES string of the molecule is CC[C@H]1C(O)C2C3CC[C@H]([C@H](C)CCc4noc(=O)[nH]4)[C@@]3(C)CCC2[C@@]2(C)CC[C@@H](O)C[C@@H]12.